The fraction of sp³-hybridized carbons (Fsp3) is 0.667. The maximum absolute atomic E-state index is 10.7. The summed E-state index contributed by atoms with van der Waals surface area (Å²) in [6.07, 6.45) is 0.728. The zero-order valence-electron chi connectivity index (χ0n) is 6.69. The Labute approximate surface area is 70.1 Å². The molecule has 0 aromatic rings. The molecule has 0 aromatic carbocycles. The van der Waals surface area contributed by atoms with Gasteiger partial charge in [-0.1, -0.05) is 0 Å². The molecule has 6 heteroatoms. The van der Waals surface area contributed by atoms with E-state index in [4.69, 9.17) is 11.5 Å². The van der Waals surface area contributed by atoms with Crippen molar-refractivity contribution in [2.24, 2.45) is 11.5 Å². The molecule has 1 fully saturated rings. The molecule has 1 aliphatic rings. The first-order chi connectivity index (χ1) is 5.61. The summed E-state index contributed by atoms with van der Waals surface area (Å²) in [4.78, 5) is 24.2. The van der Waals surface area contributed by atoms with E-state index in [2.05, 4.69) is 0 Å². The molecule has 6 nitrogen and oxygen atoms in total. The lowest BCUT2D eigenvalue weighted by molar-refractivity contribution is 0.125. The Balaban J connectivity index is 2.51. The van der Waals surface area contributed by atoms with E-state index < -0.39 is 12.1 Å². The smallest absolute Gasteiger partial charge is 0.316 e. The summed E-state index contributed by atoms with van der Waals surface area (Å²) in [6.45, 7) is 1.41. The van der Waals surface area contributed by atoms with Crippen molar-refractivity contribution in [1.82, 2.24) is 9.80 Å². The summed E-state index contributed by atoms with van der Waals surface area (Å²) in [5.74, 6) is 0. The molecule has 1 heterocycles. The molecule has 1 saturated heterocycles. The first-order valence-corrected chi connectivity index (χ1v) is 3.70. The van der Waals surface area contributed by atoms with Gasteiger partial charge in [-0.05, 0) is 6.42 Å². The van der Waals surface area contributed by atoms with Gasteiger partial charge in [-0.25, -0.2) is 9.59 Å². The second-order valence-corrected chi connectivity index (χ2v) is 2.70. The van der Waals surface area contributed by atoms with Crippen molar-refractivity contribution in [3.05, 3.63) is 0 Å². The van der Waals surface area contributed by atoms with Gasteiger partial charge in [0, 0.05) is 13.1 Å². The van der Waals surface area contributed by atoms with Crippen molar-refractivity contribution in [2.45, 2.75) is 6.42 Å². The van der Waals surface area contributed by atoms with Crippen molar-refractivity contribution >= 4 is 12.1 Å². The molecule has 0 saturated carbocycles. The van der Waals surface area contributed by atoms with Crippen molar-refractivity contribution in [3.8, 4) is 0 Å². The number of hydrogen-bond donors (Lipinski definition) is 2. The highest BCUT2D eigenvalue weighted by atomic mass is 16.2. The first kappa shape index (κ1) is 8.63. The highest BCUT2D eigenvalue weighted by molar-refractivity contribution is 5.75. The van der Waals surface area contributed by atoms with Crippen LogP contribution in [0.15, 0.2) is 0 Å². The van der Waals surface area contributed by atoms with Crippen molar-refractivity contribution in [2.75, 3.05) is 19.8 Å². The quantitative estimate of drug-likeness (QED) is 0.496. The van der Waals surface area contributed by atoms with Crippen LogP contribution in [0.3, 0.4) is 0 Å². The number of nitrogens with two attached hydrogens (primary N) is 2. The molecule has 1 rings (SSSR count). The van der Waals surface area contributed by atoms with Gasteiger partial charge in [0.1, 0.15) is 0 Å². The number of rotatable bonds is 0. The molecule has 0 unspecified atom stereocenters. The van der Waals surface area contributed by atoms with Gasteiger partial charge in [-0.3, -0.25) is 0 Å². The van der Waals surface area contributed by atoms with Crippen LogP contribution in [0.2, 0.25) is 0 Å². The Morgan fingerprint density at radius 2 is 1.42 bits per heavy atom. The molecule has 12 heavy (non-hydrogen) atoms. The second-order valence-electron chi connectivity index (χ2n) is 2.70. The predicted octanol–water partition coefficient (Wildman–Crippen LogP) is -0.891. The summed E-state index contributed by atoms with van der Waals surface area (Å²) in [7, 11) is 0. The van der Waals surface area contributed by atoms with Crippen LogP contribution in [0.4, 0.5) is 9.59 Å². The molecule has 0 radical (unpaired) electrons. The van der Waals surface area contributed by atoms with Gasteiger partial charge in [0.25, 0.3) is 0 Å². The average Bonchev–Trinajstić information content (AvgIpc) is 2.04. The van der Waals surface area contributed by atoms with Crippen LogP contribution in [-0.2, 0) is 0 Å². The molecule has 68 valence electrons. The number of urea groups is 2. The number of hydrogen-bond acceptors (Lipinski definition) is 2. The van der Waals surface area contributed by atoms with Crippen LogP contribution in [0.5, 0.6) is 0 Å². The van der Waals surface area contributed by atoms with E-state index >= 15 is 0 Å². The molecular weight excluding hydrogens is 160 g/mol. The monoisotopic (exact) mass is 172 g/mol. The van der Waals surface area contributed by atoms with Crippen molar-refractivity contribution in [1.29, 1.82) is 0 Å². The lowest BCUT2D eigenvalue weighted by atomic mass is 10.3. The summed E-state index contributed by atoms with van der Waals surface area (Å²) in [6, 6.07) is -1.03. The van der Waals surface area contributed by atoms with Crippen LogP contribution in [0.1, 0.15) is 6.42 Å². The molecule has 1 aliphatic heterocycles. The molecule has 0 aliphatic carbocycles. The third-order valence-corrected chi connectivity index (χ3v) is 1.82. The van der Waals surface area contributed by atoms with Gasteiger partial charge in [0.2, 0.25) is 0 Å². The van der Waals surface area contributed by atoms with Crippen LogP contribution in [0, 0.1) is 0 Å². The minimum atomic E-state index is -0.513. The van der Waals surface area contributed by atoms with E-state index in [9.17, 15) is 9.59 Å². The Kier molecular flexibility index (Phi) is 2.37. The molecule has 0 atom stereocenters. The van der Waals surface area contributed by atoms with Crippen molar-refractivity contribution < 1.29 is 9.59 Å². The lowest BCUT2D eigenvalue weighted by Gasteiger charge is -2.33. The molecule has 4 amide bonds. The minimum Gasteiger partial charge on any atom is -0.351 e. The molecule has 4 N–H and O–H groups in total. The number of amides is 4. The Morgan fingerprint density at radius 3 is 1.75 bits per heavy atom. The van der Waals surface area contributed by atoms with Gasteiger partial charge >= 0.3 is 12.1 Å². The van der Waals surface area contributed by atoms with E-state index in [0.717, 1.165) is 6.42 Å². The summed E-state index contributed by atoms with van der Waals surface area (Å²) >= 11 is 0. The van der Waals surface area contributed by atoms with E-state index in [1.165, 1.54) is 9.80 Å². The standard InChI is InChI=1S/C6H12N4O2/c7-5(11)9-2-1-3-10(4-9)6(8)12/h1-4H2,(H2,7,11)(H2,8,12). The first-order valence-electron chi connectivity index (χ1n) is 3.70. The second kappa shape index (κ2) is 3.29. The normalized spacial score (nSPS) is 17.7. The highest BCUT2D eigenvalue weighted by Crippen LogP contribution is 2.04. The maximum atomic E-state index is 10.7. The van der Waals surface area contributed by atoms with E-state index in [-0.39, 0.29) is 6.67 Å². The molecule has 0 spiro atoms. The highest BCUT2D eigenvalue weighted by Gasteiger charge is 2.21. The third kappa shape index (κ3) is 1.77. The average molecular weight is 172 g/mol. The van der Waals surface area contributed by atoms with E-state index in [0.29, 0.717) is 13.1 Å². The van der Waals surface area contributed by atoms with Crippen LogP contribution in [0.25, 0.3) is 0 Å². The van der Waals surface area contributed by atoms with Gasteiger partial charge in [-0.15, -0.1) is 0 Å². The zero-order chi connectivity index (χ0) is 9.14. The van der Waals surface area contributed by atoms with Gasteiger partial charge in [-0.2, -0.15) is 0 Å². The molecule has 0 bridgehead atoms. The van der Waals surface area contributed by atoms with E-state index in [1.54, 1.807) is 0 Å². The fourth-order valence-electron chi connectivity index (χ4n) is 1.16. The number of nitrogens with zero attached hydrogens (tertiary/aromatic N) is 2. The largest absolute Gasteiger partial charge is 0.351 e. The summed E-state index contributed by atoms with van der Waals surface area (Å²) in [5, 5.41) is 0. The maximum Gasteiger partial charge on any atom is 0.316 e. The Bertz CT molecular complexity index is 186. The molecule has 0 aromatic heterocycles. The van der Waals surface area contributed by atoms with Gasteiger partial charge in [0.05, 0.1) is 6.67 Å². The topological polar surface area (TPSA) is 92.7 Å². The molecular formula is C6H12N4O2. The summed E-state index contributed by atoms with van der Waals surface area (Å²) in [5.41, 5.74) is 10.1. The lowest BCUT2D eigenvalue weighted by Crippen LogP contribution is -2.52. The van der Waals surface area contributed by atoms with Crippen LogP contribution >= 0.6 is 0 Å². The van der Waals surface area contributed by atoms with Crippen LogP contribution in [-0.4, -0.2) is 41.6 Å². The minimum absolute atomic E-state index is 0.213. The predicted molar refractivity (Wildman–Crippen MR) is 42.1 cm³/mol. The van der Waals surface area contributed by atoms with E-state index in [1.807, 2.05) is 0 Å². The Hall–Kier alpha value is -1.46. The number of carbonyl (C=O) groups excluding carboxylic acids is 2. The fourth-order valence-corrected chi connectivity index (χ4v) is 1.16. The van der Waals surface area contributed by atoms with Crippen molar-refractivity contribution in [3.63, 3.8) is 0 Å². The van der Waals surface area contributed by atoms with Gasteiger partial charge in [0.15, 0.2) is 0 Å². The summed E-state index contributed by atoms with van der Waals surface area (Å²) < 4.78 is 0. The third-order valence-electron chi connectivity index (χ3n) is 1.82. The number of primary amides is 2. The SMILES string of the molecule is NC(=O)N1CCCN(C(N)=O)C1. The number of carbonyl (C=O) groups is 2. The van der Waals surface area contributed by atoms with Crippen LogP contribution < -0.4 is 11.5 Å². The zero-order valence-corrected chi connectivity index (χ0v) is 6.69. The Morgan fingerprint density at radius 1 is 1.00 bits per heavy atom. The van der Waals surface area contributed by atoms with Gasteiger partial charge < -0.3 is 21.3 Å².